The minimum absolute atomic E-state index is 0.0286. The van der Waals surface area contributed by atoms with Crippen LogP contribution >= 0.6 is 0 Å². The van der Waals surface area contributed by atoms with Gasteiger partial charge in [0.25, 0.3) is 6.71 Å². The van der Waals surface area contributed by atoms with Crippen LogP contribution in [0.15, 0.2) is 309 Å². The lowest BCUT2D eigenvalue weighted by Gasteiger charge is -2.43. The van der Waals surface area contributed by atoms with E-state index in [0.29, 0.717) is 16.9 Å². The largest absolute Gasteiger partial charge is 0.355 e. The number of hydrogen-bond acceptors (Lipinski definition) is 2. The first-order chi connectivity index (χ1) is 52.8. The predicted octanol–water partition coefficient (Wildman–Crippen LogP) is 23.0. The quantitative estimate of drug-likeness (QED) is 0.134. The first-order valence-corrected chi connectivity index (χ1v) is 33.0. The molecule has 0 aliphatic carbocycles. The fourth-order valence-electron chi connectivity index (χ4n) is 15.2. The van der Waals surface area contributed by atoms with Crippen LogP contribution in [0.1, 0.15) is 70.5 Å². The van der Waals surface area contributed by atoms with Gasteiger partial charge in [-0.25, -0.2) is 0 Å². The fourth-order valence-corrected chi connectivity index (χ4v) is 15.2. The number of benzene rings is 14. The van der Waals surface area contributed by atoms with Gasteiger partial charge < -0.3 is 19.8 Å². The molecular formula is C92H71BN4. The Morgan fingerprint density at radius 1 is 0.381 bits per heavy atom. The van der Waals surface area contributed by atoms with Gasteiger partial charge in [-0.05, 0) is 149 Å². The summed E-state index contributed by atoms with van der Waals surface area (Å²) in [5.74, 6) is 0. The summed E-state index contributed by atoms with van der Waals surface area (Å²) in [7, 11) is 0. The van der Waals surface area contributed by atoms with Crippen LogP contribution in [0.4, 0.5) is 28.4 Å². The van der Waals surface area contributed by atoms with Gasteiger partial charge in [0.15, 0.2) is 0 Å². The van der Waals surface area contributed by atoms with E-state index in [1.54, 1.807) is 0 Å². The molecule has 0 spiro atoms. The molecule has 0 saturated heterocycles. The standard InChI is InChI=1S/C92H71BN4/c1-91(2,3)64-48-50-82-76(52-64)77-55-66(94-80-46-27-26-40-68(80)60-33-16-9-17-34-60)56-79-89(77)96(82)84-57-81-85(73-45-28-44-72(87(73)95-81)71-43-25-24-42-70(71)69-41-23-22-39-67(69)59-31-14-8-15-32-59)90-86(84)93(79)78-49-47-63(58-29-12-7-13-30-58)51-83(78)97(90)88-74(61-35-18-10-19-36-61)53-65(92(4,5)6)54-75(88)62-37-20-11-21-38-62/h7-57,94-95H,1-6H3/i7D,9D,12D,13D,16D,17D,26D,27D,29D,30D,33D,40D,46D. The molecule has 0 bridgehead atoms. The van der Waals surface area contributed by atoms with Crippen molar-refractivity contribution < 1.29 is 17.8 Å². The highest BCUT2D eigenvalue weighted by Crippen LogP contribution is 2.55. The van der Waals surface area contributed by atoms with E-state index in [2.05, 4.69) is 237 Å². The maximum absolute atomic E-state index is 9.75. The molecule has 0 unspecified atom stereocenters. The summed E-state index contributed by atoms with van der Waals surface area (Å²) in [6.45, 7) is 12.5. The van der Waals surface area contributed by atoms with Gasteiger partial charge in [0, 0.05) is 72.1 Å². The molecule has 14 aromatic carbocycles. The number of aromatic nitrogens is 2. The van der Waals surface area contributed by atoms with Crippen molar-refractivity contribution in [2.45, 2.75) is 52.4 Å². The number of nitrogens with one attached hydrogen (secondary N) is 2. The van der Waals surface area contributed by atoms with E-state index in [4.69, 9.17) is 6.85 Å². The van der Waals surface area contributed by atoms with Gasteiger partial charge in [-0.2, -0.15) is 0 Å². The monoisotopic (exact) mass is 1260 g/mol. The van der Waals surface area contributed by atoms with Crippen molar-refractivity contribution in [1.82, 2.24) is 9.55 Å². The Labute approximate surface area is 586 Å². The van der Waals surface area contributed by atoms with E-state index in [1.807, 2.05) is 48.5 Å². The van der Waals surface area contributed by atoms with Crippen molar-refractivity contribution in [2.75, 3.05) is 10.2 Å². The van der Waals surface area contributed by atoms with Crippen molar-refractivity contribution in [1.29, 1.82) is 0 Å². The van der Waals surface area contributed by atoms with Gasteiger partial charge in [0.05, 0.1) is 45.7 Å². The molecule has 97 heavy (non-hydrogen) atoms. The summed E-state index contributed by atoms with van der Waals surface area (Å²) in [6, 6.07) is 73.5. The zero-order valence-corrected chi connectivity index (χ0v) is 54.4. The van der Waals surface area contributed by atoms with Gasteiger partial charge in [-0.1, -0.05) is 296 Å². The molecule has 4 heterocycles. The highest BCUT2D eigenvalue weighted by Gasteiger charge is 2.45. The van der Waals surface area contributed by atoms with E-state index >= 15 is 0 Å². The van der Waals surface area contributed by atoms with Crippen molar-refractivity contribution in [3.05, 3.63) is 320 Å². The van der Waals surface area contributed by atoms with Crippen molar-refractivity contribution in [3.63, 3.8) is 0 Å². The number of H-pyrrole nitrogens is 1. The van der Waals surface area contributed by atoms with Crippen LogP contribution in [0.3, 0.4) is 0 Å². The highest BCUT2D eigenvalue weighted by molar-refractivity contribution is 7.00. The third-order valence-electron chi connectivity index (χ3n) is 19.8. The third-order valence-corrected chi connectivity index (χ3v) is 19.8. The van der Waals surface area contributed by atoms with E-state index in [1.165, 1.54) is 6.07 Å². The van der Waals surface area contributed by atoms with Crippen LogP contribution in [0.5, 0.6) is 0 Å². The topological polar surface area (TPSA) is 36.0 Å². The lowest BCUT2D eigenvalue weighted by molar-refractivity contribution is 0.590. The van der Waals surface area contributed by atoms with Crippen LogP contribution in [-0.2, 0) is 10.8 Å². The molecule has 16 aromatic rings. The fraction of sp³-hybridized carbons (Fsp3) is 0.0870. The lowest BCUT2D eigenvalue weighted by Crippen LogP contribution is -2.60. The predicted molar refractivity (Wildman–Crippen MR) is 415 cm³/mol. The lowest BCUT2D eigenvalue weighted by atomic mass is 9.33. The molecular weight excluding hydrogens is 1170 g/mol. The molecule has 2 aromatic heterocycles. The number of hydrogen-bond donors (Lipinski definition) is 2. The van der Waals surface area contributed by atoms with Crippen LogP contribution in [0, 0.1) is 0 Å². The summed E-state index contributed by atoms with van der Waals surface area (Å²) in [5, 5.41) is 7.04. The maximum atomic E-state index is 9.75. The zero-order valence-electron chi connectivity index (χ0n) is 67.4. The van der Waals surface area contributed by atoms with Crippen LogP contribution in [0.2, 0.25) is 0 Å². The zero-order chi connectivity index (χ0) is 76.6. The number of anilines is 5. The highest BCUT2D eigenvalue weighted by atomic mass is 15.2. The molecule has 4 nitrogen and oxygen atoms in total. The van der Waals surface area contributed by atoms with Gasteiger partial charge in [-0.15, -0.1) is 0 Å². The SMILES string of the molecule is [2H]c1cc(-c2c([2H])c([2H])c([2H])c([2H])c2Nc2cc3c4c(c2)c2cc(C(C)(C)C)ccc2n4-c2cc4[nH]c5c(-c6ccccc6-c6ccccc6-c6ccccc6)cccc5c4c4c2B3c2ccc(-c3c([2H])c([2H])c([2H])c([2H])c3[2H])cc2N4c2c(-c3ccccc3)cc(C(C)(C)C)cc2-c2ccccc2)c([2H])c([2H])c1[2H]. The number of para-hydroxylation sites is 2. The van der Waals surface area contributed by atoms with Crippen molar-refractivity contribution in [3.8, 4) is 83.6 Å². The number of fused-ring (bicyclic) bond motifs is 11. The molecule has 2 N–H and O–H groups in total. The molecule has 0 amide bonds. The summed E-state index contributed by atoms with van der Waals surface area (Å²) in [6.07, 6.45) is 0. The van der Waals surface area contributed by atoms with Gasteiger partial charge >= 0.3 is 0 Å². The second-order valence-corrected chi connectivity index (χ2v) is 27.6. The first kappa shape index (κ1) is 45.6. The molecule has 0 fully saturated rings. The molecule has 5 heteroatoms. The molecule has 2 aliphatic rings. The van der Waals surface area contributed by atoms with Gasteiger partial charge in [0.2, 0.25) is 0 Å². The van der Waals surface area contributed by atoms with E-state index in [9.17, 15) is 11.0 Å². The Balaban J connectivity index is 1.03. The van der Waals surface area contributed by atoms with Crippen molar-refractivity contribution >= 4 is 95.1 Å². The number of aromatic amines is 1. The number of rotatable bonds is 10. The average molecular weight is 1260 g/mol. The summed E-state index contributed by atoms with van der Waals surface area (Å²) < 4.78 is 122. The Morgan fingerprint density at radius 3 is 1.65 bits per heavy atom. The minimum Gasteiger partial charge on any atom is -0.355 e. The van der Waals surface area contributed by atoms with E-state index in [-0.39, 0.29) is 51.3 Å². The Morgan fingerprint density at radius 2 is 0.969 bits per heavy atom. The molecule has 0 atom stereocenters. The smallest absolute Gasteiger partial charge is 0.252 e. The van der Waals surface area contributed by atoms with E-state index < -0.39 is 67.1 Å². The molecule has 0 radical (unpaired) electrons. The Kier molecular flexibility index (Phi) is 10.6. The van der Waals surface area contributed by atoms with Gasteiger partial charge in [0.1, 0.15) is 0 Å². The maximum Gasteiger partial charge on any atom is 0.252 e. The first-order valence-electron chi connectivity index (χ1n) is 39.5. The van der Waals surface area contributed by atoms with Crippen LogP contribution in [-0.4, -0.2) is 16.3 Å². The number of nitrogens with zero attached hydrogens (tertiary/aromatic N) is 2. The average Bonchev–Trinajstić information content (AvgIpc) is 1.41. The normalized spacial score (nSPS) is 14.5. The Bertz CT molecular complexity index is 6550. The summed E-state index contributed by atoms with van der Waals surface area (Å²) in [4.78, 5) is 6.56. The summed E-state index contributed by atoms with van der Waals surface area (Å²) in [5.41, 5.74) is 20.9. The molecule has 2 aliphatic heterocycles. The second kappa shape index (κ2) is 22.5. The van der Waals surface area contributed by atoms with E-state index in [0.717, 1.165) is 144 Å². The Hall–Kier alpha value is -11.7. The minimum atomic E-state index is -0.712. The van der Waals surface area contributed by atoms with Gasteiger partial charge in [-0.3, -0.25) is 0 Å². The molecule has 0 saturated carbocycles. The van der Waals surface area contributed by atoms with Crippen molar-refractivity contribution in [2.24, 2.45) is 0 Å². The van der Waals surface area contributed by atoms with Crippen LogP contribution in [0.25, 0.3) is 127 Å². The van der Waals surface area contributed by atoms with Crippen LogP contribution < -0.4 is 26.6 Å². The molecule has 462 valence electrons. The molecule has 18 rings (SSSR count). The second-order valence-electron chi connectivity index (χ2n) is 27.6. The third kappa shape index (κ3) is 9.50. The summed E-state index contributed by atoms with van der Waals surface area (Å²) >= 11 is 0.